The first-order valence-electron chi connectivity index (χ1n) is 6.53. The van der Waals surface area contributed by atoms with E-state index in [-0.39, 0.29) is 5.78 Å². The van der Waals surface area contributed by atoms with Crippen molar-refractivity contribution in [1.29, 1.82) is 0 Å². The van der Waals surface area contributed by atoms with Gasteiger partial charge in [0.25, 0.3) is 0 Å². The van der Waals surface area contributed by atoms with Crippen LogP contribution in [-0.2, 0) is 11.2 Å². The third-order valence-corrected chi connectivity index (χ3v) is 3.58. The Labute approximate surface area is 109 Å². The summed E-state index contributed by atoms with van der Waals surface area (Å²) in [7, 11) is 0. The lowest BCUT2D eigenvalue weighted by atomic mass is 9.92. The third-order valence-electron chi connectivity index (χ3n) is 3.58. The molecule has 1 nitrogen and oxygen atoms in total. The van der Waals surface area contributed by atoms with Crippen molar-refractivity contribution in [2.24, 2.45) is 0 Å². The number of carbonyl (C=O) groups is 1. The smallest absolute Gasteiger partial charge is 0.167 e. The molecule has 0 unspecified atom stereocenters. The van der Waals surface area contributed by atoms with Crippen LogP contribution in [0.2, 0.25) is 0 Å². The van der Waals surface area contributed by atoms with Gasteiger partial charge in [-0.25, -0.2) is 0 Å². The first kappa shape index (κ1) is 12.8. The number of rotatable bonds is 3. The fourth-order valence-corrected chi connectivity index (χ4v) is 2.42. The number of Topliss-reactive ketones (excluding diaryl/α,β-unsaturated/α-hetero) is 1. The second-order valence-corrected chi connectivity index (χ2v) is 5.16. The van der Waals surface area contributed by atoms with Gasteiger partial charge in [-0.15, -0.1) is 0 Å². The van der Waals surface area contributed by atoms with Crippen molar-refractivity contribution in [1.82, 2.24) is 0 Å². The van der Waals surface area contributed by atoms with E-state index >= 15 is 0 Å². The summed E-state index contributed by atoms with van der Waals surface area (Å²) in [6.45, 7) is 6.22. The molecule has 1 heteroatoms. The maximum Gasteiger partial charge on any atom is 0.167 e. The van der Waals surface area contributed by atoms with E-state index in [1.165, 1.54) is 16.7 Å². The first-order chi connectivity index (χ1) is 8.58. The molecule has 0 spiro atoms. The minimum absolute atomic E-state index is 0.246. The molecule has 0 saturated carbocycles. The Morgan fingerprint density at radius 1 is 1.22 bits per heavy atom. The Kier molecular flexibility index (Phi) is 3.81. The monoisotopic (exact) mass is 240 g/mol. The molecule has 0 saturated heterocycles. The van der Waals surface area contributed by atoms with E-state index in [9.17, 15) is 4.79 Å². The summed E-state index contributed by atoms with van der Waals surface area (Å²) in [4.78, 5) is 12.3. The lowest BCUT2D eigenvalue weighted by molar-refractivity contribution is -0.114. The second kappa shape index (κ2) is 5.34. The molecule has 1 aliphatic carbocycles. The highest BCUT2D eigenvalue weighted by Crippen LogP contribution is 2.21. The van der Waals surface area contributed by atoms with Crippen molar-refractivity contribution in [3.05, 3.63) is 58.2 Å². The summed E-state index contributed by atoms with van der Waals surface area (Å²) in [6, 6.07) is 6.29. The minimum Gasteiger partial charge on any atom is -0.294 e. The van der Waals surface area contributed by atoms with Gasteiger partial charge in [-0.05, 0) is 44.7 Å². The van der Waals surface area contributed by atoms with Crippen LogP contribution >= 0.6 is 0 Å². The maximum atomic E-state index is 12.3. The molecule has 0 bridgehead atoms. The predicted octanol–water partition coefficient (Wildman–Crippen LogP) is 4.08. The standard InChI is InChI=1S/C17H20O/c1-12-8-9-15(14(3)10-12)11-17(18)16-7-5-4-6-13(16)2/h5,7-10H,4,6,11H2,1-3H3. The normalized spacial score (nSPS) is 15.1. The summed E-state index contributed by atoms with van der Waals surface area (Å²) in [5.41, 5.74) is 5.75. The van der Waals surface area contributed by atoms with Crippen LogP contribution in [0.15, 0.2) is 41.5 Å². The average Bonchev–Trinajstić information content (AvgIpc) is 2.33. The number of hydrogen-bond donors (Lipinski definition) is 0. The van der Waals surface area contributed by atoms with E-state index in [1.807, 2.05) is 6.08 Å². The van der Waals surface area contributed by atoms with Gasteiger partial charge >= 0.3 is 0 Å². The van der Waals surface area contributed by atoms with Crippen molar-refractivity contribution in [3.8, 4) is 0 Å². The van der Waals surface area contributed by atoms with Crippen LogP contribution in [0.1, 0.15) is 36.5 Å². The molecule has 94 valence electrons. The zero-order valence-corrected chi connectivity index (χ0v) is 11.4. The third kappa shape index (κ3) is 2.79. The van der Waals surface area contributed by atoms with Crippen molar-refractivity contribution in [3.63, 3.8) is 0 Å². The van der Waals surface area contributed by atoms with Gasteiger partial charge in [0.15, 0.2) is 5.78 Å². The number of ketones is 1. The molecular formula is C17H20O. The Morgan fingerprint density at radius 3 is 2.67 bits per heavy atom. The van der Waals surface area contributed by atoms with E-state index in [0.29, 0.717) is 6.42 Å². The fourth-order valence-electron chi connectivity index (χ4n) is 2.42. The molecule has 18 heavy (non-hydrogen) atoms. The van der Waals surface area contributed by atoms with Crippen LogP contribution in [0.25, 0.3) is 0 Å². The van der Waals surface area contributed by atoms with Crippen molar-refractivity contribution in [2.45, 2.75) is 40.0 Å². The van der Waals surface area contributed by atoms with Gasteiger partial charge in [-0.2, -0.15) is 0 Å². The molecule has 1 aliphatic rings. The van der Waals surface area contributed by atoms with E-state index in [2.05, 4.69) is 45.0 Å². The highest BCUT2D eigenvalue weighted by atomic mass is 16.1. The molecule has 0 aliphatic heterocycles. The van der Waals surface area contributed by atoms with Gasteiger partial charge < -0.3 is 0 Å². The number of carbonyl (C=O) groups excluding carboxylic acids is 1. The molecular weight excluding hydrogens is 220 g/mol. The summed E-state index contributed by atoms with van der Waals surface area (Å²) in [5.74, 6) is 0.246. The average molecular weight is 240 g/mol. The Hall–Kier alpha value is -1.63. The molecule has 1 aromatic rings. The quantitative estimate of drug-likeness (QED) is 0.778. The van der Waals surface area contributed by atoms with Crippen LogP contribution < -0.4 is 0 Å². The highest BCUT2D eigenvalue weighted by molar-refractivity contribution is 6.00. The van der Waals surface area contributed by atoms with Crippen molar-refractivity contribution < 1.29 is 4.79 Å². The van der Waals surface area contributed by atoms with Crippen molar-refractivity contribution >= 4 is 5.78 Å². The Morgan fingerprint density at radius 2 is 2.00 bits per heavy atom. The zero-order valence-electron chi connectivity index (χ0n) is 11.4. The lowest BCUT2D eigenvalue weighted by Gasteiger charge is -2.12. The molecule has 0 amide bonds. The van der Waals surface area contributed by atoms with Crippen LogP contribution in [-0.4, -0.2) is 5.78 Å². The zero-order chi connectivity index (χ0) is 13.1. The van der Waals surface area contributed by atoms with Gasteiger partial charge in [0, 0.05) is 12.0 Å². The van der Waals surface area contributed by atoms with E-state index in [0.717, 1.165) is 24.0 Å². The first-order valence-corrected chi connectivity index (χ1v) is 6.53. The summed E-state index contributed by atoms with van der Waals surface area (Å²) in [5, 5.41) is 0. The van der Waals surface area contributed by atoms with Crippen molar-refractivity contribution in [2.75, 3.05) is 0 Å². The highest BCUT2D eigenvalue weighted by Gasteiger charge is 2.14. The lowest BCUT2D eigenvalue weighted by Crippen LogP contribution is -2.09. The molecule has 0 aromatic heterocycles. The minimum atomic E-state index is 0.246. The summed E-state index contributed by atoms with van der Waals surface area (Å²) >= 11 is 0. The van der Waals surface area contributed by atoms with Gasteiger partial charge in [0.2, 0.25) is 0 Å². The second-order valence-electron chi connectivity index (χ2n) is 5.16. The molecule has 2 rings (SSSR count). The largest absolute Gasteiger partial charge is 0.294 e. The van der Waals surface area contributed by atoms with Crippen LogP contribution in [0.5, 0.6) is 0 Å². The van der Waals surface area contributed by atoms with Crippen LogP contribution in [0.4, 0.5) is 0 Å². The Bertz CT molecular complexity index is 533. The number of benzene rings is 1. The molecule has 0 heterocycles. The number of allylic oxidation sites excluding steroid dienone is 4. The number of aryl methyl sites for hydroxylation is 2. The van der Waals surface area contributed by atoms with E-state index < -0.39 is 0 Å². The van der Waals surface area contributed by atoms with Gasteiger partial charge in [-0.1, -0.05) is 41.5 Å². The summed E-state index contributed by atoms with van der Waals surface area (Å²) in [6.07, 6.45) is 6.69. The van der Waals surface area contributed by atoms with Gasteiger partial charge in [0.1, 0.15) is 0 Å². The summed E-state index contributed by atoms with van der Waals surface area (Å²) < 4.78 is 0. The Balaban J connectivity index is 2.19. The van der Waals surface area contributed by atoms with Gasteiger partial charge in [0.05, 0.1) is 0 Å². The molecule has 0 atom stereocenters. The molecule has 0 fully saturated rings. The fraction of sp³-hybridized carbons (Fsp3) is 0.353. The van der Waals surface area contributed by atoms with Gasteiger partial charge in [-0.3, -0.25) is 4.79 Å². The molecule has 1 aromatic carbocycles. The van der Waals surface area contributed by atoms with E-state index in [1.54, 1.807) is 0 Å². The number of hydrogen-bond acceptors (Lipinski definition) is 1. The topological polar surface area (TPSA) is 17.1 Å². The maximum absolute atomic E-state index is 12.3. The SMILES string of the molecule is CC1=C(C(=O)Cc2ccc(C)cc2C)C=CCC1. The molecule has 0 radical (unpaired) electrons. The van der Waals surface area contributed by atoms with Crippen LogP contribution in [0, 0.1) is 13.8 Å². The van der Waals surface area contributed by atoms with Crippen LogP contribution in [0.3, 0.4) is 0 Å². The predicted molar refractivity (Wildman–Crippen MR) is 75.7 cm³/mol. The molecule has 0 N–H and O–H groups in total. The van der Waals surface area contributed by atoms with E-state index in [4.69, 9.17) is 0 Å².